The molecule has 0 spiro atoms. The Labute approximate surface area is 172 Å². The van der Waals surface area contributed by atoms with Gasteiger partial charge < -0.3 is 10.2 Å². The van der Waals surface area contributed by atoms with Gasteiger partial charge in [0.15, 0.2) is 0 Å². The molecule has 1 aliphatic heterocycles. The molecule has 5 nitrogen and oxygen atoms in total. The molecular weight excluding hydrogens is 362 g/mol. The van der Waals surface area contributed by atoms with Gasteiger partial charge in [-0.1, -0.05) is 60.7 Å². The molecule has 2 amide bonds. The zero-order valence-electron chi connectivity index (χ0n) is 16.8. The zero-order chi connectivity index (χ0) is 20.1. The maximum Gasteiger partial charge on any atom is 0.234 e. The third-order valence-corrected chi connectivity index (χ3v) is 5.82. The lowest BCUT2D eigenvalue weighted by atomic mass is 9.88. The van der Waals surface area contributed by atoms with E-state index < -0.39 is 0 Å². The lowest BCUT2D eigenvalue weighted by molar-refractivity contribution is -0.133. The summed E-state index contributed by atoms with van der Waals surface area (Å²) in [6.45, 7) is 3.32. The van der Waals surface area contributed by atoms with E-state index in [1.165, 1.54) is 11.1 Å². The summed E-state index contributed by atoms with van der Waals surface area (Å²) < 4.78 is 0. The highest BCUT2D eigenvalue weighted by Crippen LogP contribution is 2.28. The van der Waals surface area contributed by atoms with E-state index in [4.69, 9.17) is 0 Å². The highest BCUT2D eigenvalue weighted by Gasteiger charge is 2.27. The third-order valence-electron chi connectivity index (χ3n) is 5.82. The second kappa shape index (κ2) is 9.23. The molecule has 0 aromatic heterocycles. The standard InChI is InChI=1S/C24H29N3O2/c28-23(25-21-11-12-21)18-26-13-15-27(16-14-26)24(29)17-22(19-7-3-1-4-8-19)20-9-5-2-6-10-20/h1-10,21-22H,11-18H2,(H,25,28). The summed E-state index contributed by atoms with van der Waals surface area (Å²) in [6.07, 6.45) is 2.69. The van der Waals surface area contributed by atoms with Gasteiger partial charge in [-0.05, 0) is 24.0 Å². The van der Waals surface area contributed by atoms with Crippen molar-refractivity contribution in [3.63, 3.8) is 0 Å². The van der Waals surface area contributed by atoms with Gasteiger partial charge in [0.05, 0.1) is 6.54 Å². The minimum Gasteiger partial charge on any atom is -0.352 e. The Bertz CT molecular complexity index is 773. The van der Waals surface area contributed by atoms with E-state index in [2.05, 4.69) is 34.5 Å². The Balaban J connectivity index is 1.34. The number of carbonyl (C=O) groups is 2. The first kappa shape index (κ1) is 19.6. The van der Waals surface area contributed by atoms with Crippen molar-refractivity contribution in [3.8, 4) is 0 Å². The summed E-state index contributed by atoms with van der Waals surface area (Å²) in [4.78, 5) is 29.2. The van der Waals surface area contributed by atoms with Crippen LogP contribution < -0.4 is 5.32 Å². The highest BCUT2D eigenvalue weighted by molar-refractivity contribution is 5.79. The van der Waals surface area contributed by atoms with Crippen LogP contribution in [0.4, 0.5) is 0 Å². The van der Waals surface area contributed by atoms with E-state index in [1.807, 2.05) is 41.3 Å². The average Bonchev–Trinajstić information content (AvgIpc) is 3.57. The molecule has 0 bridgehead atoms. The van der Waals surface area contributed by atoms with Crippen LogP contribution in [-0.2, 0) is 9.59 Å². The molecule has 0 unspecified atom stereocenters. The van der Waals surface area contributed by atoms with E-state index in [0.717, 1.165) is 25.9 Å². The van der Waals surface area contributed by atoms with E-state index in [1.54, 1.807) is 0 Å². The molecule has 0 radical (unpaired) electrons. The Morgan fingerprint density at radius 3 is 1.93 bits per heavy atom. The number of amides is 2. The van der Waals surface area contributed by atoms with Crippen LogP contribution in [0, 0.1) is 0 Å². The first-order chi connectivity index (χ1) is 14.2. The van der Waals surface area contributed by atoms with Crippen molar-refractivity contribution in [2.45, 2.75) is 31.2 Å². The molecule has 2 fully saturated rings. The van der Waals surface area contributed by atoms with Gasteiger partial charge in [-0.3, -0.25) is 14.5 Å². The quantitative estimate of drug-likeness (QED) is 0.789. The lowest BCUT2D eigenvalue weighted by Gasteiger charge is -2.35. The Hall–Kier alpha value is -2.66. The fourth-order valence-corrected chi connectivity index (χ4v) is 3.96. The number of hydrogen-bond donors (Lipinski definition) is 1. The highest BCUT2D eigenvalue weighted by atomic mass is 16.2. The van der Waals surface area contributed by atoms with Crippen molar-refractivity contribution in [3.05, 3.63) is 71.8 Å². The normalized spacial score (nSPS) is 17.3. The van der Waals surface area contributed by atoms with Crippen molar-refractivity contribution < 1.29 is 9.59 Å². The van der Waals surface area contributed by atoms with Crippen molar-refractivity contribution in [1.82, 2.24) is 15.1 Å². The molecule has 2 aliphatic rings. The number of hydrogen-bond acceptors (Lipinski definition) is 3. The molecule has 0 atom stereocenters. The van der Waals surface area contributed by atoms with E-state index in [9.17, 15) is 9.59 Å². The van der Waals surface area contributed by atoms with Crippen molar-refractivity contribution in [1.29, 1.82) is 0 Å². The van der Waals surface area contributed by atoms with Crippen molar-refractivity contribution in [2.24, 2.45) is 0 Å². The summed E-state index contributed by atoms with van der Waals surface area (Å²) in [5, 5.41) is 3.04. The van der Waals surface area contributed by atoms with Crippen molar-refractivity contribution >= 4 is 11.8 Å². The van der Waals surface area contributed by atoms with Crippen LogP contribution in [0.5, 0.6) is 0 Å². The first-order valence-corrected chi connectivity index (χ1v) is 10.6. The molecule has 1 aliphatic carbocycles. The van der Waals surface area contributed by atoms with Crippen LogP contribution in [0.1, 0.15) is 36.3 Å². The predicted molar refractivity (Wildman–Crippen MR) is 114 cm³/mol. The largest absolute Gasteiger partial charge is 0.352 e. The summed E-state index contributed by atoms with van der Waals surface area (Å²) in [5.74, 6) is 0.359. The Kier molecular flexibility index (Phi) is 6.25. The number of nitrogens with one attached hydrogen (secondary N) is 1. The van der Waals surface area contributed by atoms with E-state index in [-0.39, 0.29) is 17.7 Å². The van der Waals surface area contributed by atoms with Crippen LogP contribution in [0.25, 0.3) is 0 Å². The molecule has 1 heterocycles. The van der Waals surface area contributed by atoms with Gasteiger partial charge in [-0.25, -0.2) is 0 Å². The number of benzene rings is 2. The molecule has 5 heteroatoms. The monoisotopic (exact) mass is 391 g/mol. The van der Waals surface area contributed by atoms with Gasteiger partial charge in [0, 0.05) is 44.6 Å². The molecule has 2 aromatic rings. The Morgan fingerprint density at radius 2 is 1.41 bits per heavy atom. The lowest BCUT2D eigenvalue weighted by Crippen LogP contribution is -2.51. The minimum atomic E-state index is 0.0623. The minimum absolute atomic E-state index is 0.0623. The van der Waals surface area contributed by atoms with Gasteiger partial charge in [0.25, 0.3) is 0 Å². The van der Waals surface area contributed by atoms with E-state index >= 15 is 0 Å². The van der Waals surface area contributed by atoms with Gasteiger partial charge in [0.2, 0.25) is 11.8 Å². The van der Waals surface area contributed by atoms with Gasteiger partial charge in [-0.2, -0.15) is 0 Å². The Morgan fingerprint density at radius 1 is 0.862 bits per heavy atom. The summed E-state index contributed by atoms with van der Waals surface area (Å²) >= 11 is 0. The topological polar surface area (TPSA) is 52.7 Å². The molecule has 1 N–H and O–H groups in total. The van der Waals surface area contributed by atoms with Crippen LogP contribution >= 0.6 is 0 Å². The third kappa shape index (κ3) is 5.45. The van der Waals surface area contributed by atoms with Crippen LogP contribution in [-0.4, -0.2) is 60.4 Å². The maximum atomic E-state index is 13.1. The van der Waals surface area contributed by atoms with Gasteiger partial charge >= 0.3 is 0 Å². The smallest absolute Gasteiger partial charge is 0.234 e. The predicted octanol–water partition coefficient (Wildman–Crippen LogP) is 2.63. The fraction of sp³-hybridized carbons (Fsp3) is 0.417. The molecular formula is C24H29N3O2. The second-order valence-electron chi connectivity index (χ2n) is 8.08. The van der Waals surface area contributed by atoms with Crippen LogP contribution in [0.15, 0.2) is 60.7 Å². The van der Waals surface area contributed by atoms with Gasteiger partial charge in [-0.15, -0.1) is 0 Å². The van der Waals surface area contributed by atoms with Crippen molar-refractivity contribution in [2.75, 3.05) is 32.7 Å². The molecule has 152 valence electrons. The average molecular weight is 392 g/mol. The number of rotatable bonds is 7. The summed E-state index contributed by atoms with van der Waals surface area (Å²) in [6, 6.07) is 20.9. The summed E-state index contributed by atoms with van der Waals surface area (Å²) in [5.41, 5.74) is 2.34. The number of carbonyl (C=O) groups excluding carboxylic acids is 2. The molecule has 2 aromatic carbocycles. The van der Waals surface area contributed by atoms with E-state index in [0.29, 0.717) is 32.1 Å². The molecule has 4 rings (SSSR count). The number of nitrogens with zero attached hydrogens (tertiary/aromatic N) is 2. The van der Waals surface area contributed by atoms with Crippen LogP contribution in [0.3, 0.4) is 0 Å². The molecule has 1 saturated carbocycles. The molecule has 29 heavy (non-hydrogen) atoms. The van der Waals surface area contributed by atoms with Crippen LogP contribution in [0.2, 0.25) is 0 Å². The maximum absolute atomic E-state index is 13.1. The SMILES string of the molecule is O=C(CN1CCN(C(=O)CC(c2ccccc2)c2ccccc2)CC1)NC1CC1. The van der Waals surface area contributed by atoms with Gasteiger partial charge in [0.1, 0.15) is 0 Å². The zero-order valence-corrected chi connectivity index (χ0v) is 16.8. The first-order valence-electron chi connectivity index (χ1n) is 10.6. The number of piperazine rings is 1. The summed E-state index contributed by atoms with van der Waals surface area (Å²) in [7, 11) is 0. The molecule has 1 saturated heterocycles. The second-order valence-corrected chi connectivity index (χ2v) is 8.08. The fourth-order valence-electron chi connectivity index (χ4n) is 3.96.